The molecular formula is C46H43Cl2N7O11. The molecule has 3 aliphatic rings. The highest BCUT2D eigenvalue weighted by atomic mass is 35.5. The molecule has 66 heavy (non-hydrogen) atoms. The normalized spacial score (nSPS) is 19.8. The van der Waals surface area contributed by atoms with E-state index in [-0.39, 0.29) is 65.1 Å². The zero-order chi connectivity index (χ0) is 46.9. The summed E-state index contributed by atoms with van der Waals surface area (Å²) in [5.41, 5.74) is 1.53. The molecule has 4 aromatic carbocycles. The van der Waals surface area contributed by atoms with E-state index in [2.05, 4.69) is 10.4 Å². The van der Waals surface area contributed by atoms with Crippen molar-refractivity contribution in [1.29, 1.82) is 0 Å². The number of aryl methyl sites for hydroxylation is 2. The number of hydrazine groups is 1. The maximum Gasteiger partial charge on any atom is 0.347 e. The molecule has 2 aromatic heterocycles. The number of benzene rings is 4. The van der Waals surface area contributed by atoms with Crippen LogP contribution in [0.5, 0.6) is 34.5 Å². The molecule has 2 amide bonds. The van der Waals surface area contributed by atoms with Crippen LogP contribution in [0.2, 0.25) is 10.0 Å². The maximum atomic E-state index is 15.7. The Hall–Kier alpha value is -7.18. The fourth-order valence-corrected chi connectivity index (χ4v) is 10.4. The third kappa shape index (κ3) is 6.60. The highest BCUT2D eigenvalue weighted by Crippen LogP contribution is 2.64. The second kappa shape index (κ2) is 16.7. The number of aromatic nitrogens is 5. The van der Waals surface area contributed by atoms with Gasteiger partial charge in [-0.25, -0.2) is 28.5 Å². The Bertz CT molecular complexity index is 3210. The lowest BCUT2D eigenvalue weighted by molar-refractivity contribution is -0.138. The fourth-order valence-electron chi connectivity index (χ4n) is 9.91. The number of methoxy groups -OCH3 is 5. The van der Waals surface area contributed by atoms with Gasteiger partial charge >= 0.3 is 11.4 Å². The summed E-state index contributed by atoms with van der Waals surface area (Å²) < 4.78 is 32.8. The van der Waals surface area contributed by atoms with Crippen LogP contribution in [0.25, 0.3) is 11.0 Å². The molecule has 1 saturated heterocycles. The Labute approximate surface area is 385 Å². The van der Waals surface area contributed by atoms with Crippen LogP contribution in [0.1, 0.15) is 35.2 Å². The van der Waals surface area contributed by atoms with Gasteiger partial charge in [0.1, 0.15) is 28.7 Å². The van der Waals surface area contributed by atoms with Crippen LogP contribution in [0, 0.1) is 5.92 Å². The first-order chi connectivity index (χ1) is 31.7. The number of amides is 2. The number of nitrogens with one attached hydrogen (secondary N) is 1. The van der Waals surface area contributed by atoms with Crippen LogP contribution in [0.15, 0.2) is 92.8 Å². The molecule has 6 aromatic rings. The highest BCUT2D eigenvalue weighted by molar-refractivity contribution is 6.36. The first kappa shape index (κ1) is 44.0. The Morgan fingerprint density at radius 2 is 1.52 bits per heavy atom. The third-order valence-corrected chi connectivity index (χ3v) is 13.5. The van der Waals surface area contributed by atoms with Crippen LogP contribution >= 0.6 is 23.2 Å². The minimum Gasteiger partial charge on any atom is -0.507 e. The summed E-state index contributed by atoms with van der Waals surface area (Å²) in [4.78, 5) is 78.3. The number of carbonyl (C=O) groups excluding carboxylic acids is 2. The van der Waals surface area contributed by atoms with Gasteiger partial charge in [0.25, 0.3) is 17.4 Å². The van der Waals surface area contributed by atoms with Gasteiger partial charge in [-0.2, -0.15) is 5.01 Å². The van der Waals surface area contributed by atoms with E-state index in [0.29, 0.717) is 44.4 Å². The zero-order valence-corrected chi connectivity index (χ0v) is 38.0. The van der Waals surface area contributed by atoms with Gasteiger partial charge in [-0.05, 0) is 47.9 Å². The first-order valence-electron chi connectivity index (χ1n) is 20.6. The van der Waals surface area contributed by atoms with Crippen LogP contribution in [-0.4, -0.2) is 81.0 Å². The van der Waals surface area contributed by atoms with Crippen molar-refractivity contribution in [3.05, 3.63) is 137 Å². The molecule has 2 aliphatic heterocycles. The number of fused-ring (bicyclic) bond motifs is 5. The molecule has 342 valence electrons. The molecule has 18 nitrogen and oxygen atoms in total. The molecule has 4 atom stereocenters. The first-order valence-corrected chi connectivity index (χ1v) is 21.4. The number of rotatable bonds is 12. The summed E-state index contributed by atoms with van der Waals surface area (Å²) in [6.07, 6.45) is 1.51. The van der Waals surface area contributed by atoms with Crippen molar-refractivity contribution in [3.8, 4) is 34.5 Å². The average Bonchev–Trinajstić information content (AvgIpc) is 3.69. The number of aromatic hydroxyl groups is 1. The SMILES string of the molecule is COc1ccc(C23C(=O)N(Nc4ccc(Cl)cc4Cl)C(=O)C2CC2C(=CCn4c(=O)n(CCc5nc6cc(OC)c(OC)cc6n(C)c5=O)c(=O)n42)C3c2c(O)cc(OC)cc2OC)cc1. The van der Waals surface area contributed by atoms with E-state index >= 15 is 9.59 Å². The van der Waals surface area contributed by atoms with Gasteiger partial charge in [0.05, 0.1) is 81.2 Å². The fraction of sp³-hybridized carbons (Fsp3) is 0.304. The van der Waals surface area contributed by atoms with Crippen molar-refractivity contribution < 1.29 is 38.4 Å². The third-order valence-electron chi connectivity index (χ3n) is 13.0. The smallest absolute Gasteiger partial charge is 0.347 e. The second-order valence-electron chi connectivity index (χ2n) is 16.0. The van der Waals surface area contributed by atoms with Crippen molar-refractivity contribution in [1.82, 2.24) is 28.5 Å². The summed E-state index contributed by atoms with van der Waals surface area (Å²) in [5, 5.41) is 13.4. The lowest BCUT2D eigenvalue weighted by Crippen LogP contribution is -2.53. The number of allylic oxidation sites excluding steroid dienone is 2. The predicted molar refractivity (Wildman–Crippen MR) is 243 cm³/mol. The molecule has 20 heteroatoms. The van der Waals surface area contributed by atoms with E-state index in [1.54, 1.807) is 61.7 Å². The summed E-state index contributed by atoms with van der Waals surface area (Å²) in [6, 6.07) is 16.5. The standard InChI is InChI=1S/C46H43Cl2N7O11/c1-51-34-22-37(65-5)36(64-4)21-32(34)49-31(42(51)58)14-15-52-44(60)53-16-13-27-33(55(53)45(52)61)20-28-41(57)54(50-30-12-9-24(47)17-29(30)48)43(59)46(28,23-7-10-25(62-2)11-8-23)40(27)39-35(56)18-26(63-3)19-38(39)66-6/h7-13,17-19,21-22,28,33,40,50,56H,14-16,20H2,1-6H3. The number of carbonyl (C=O) groups is 2. The summed E-state index contributed by atoms with van der Waals surface area (Å²) in [6.45, 7) is -0.353. The van der Waals surface area contributed by atoms with E-state index in [1.807, 2.05) is 0 Å². The molecule has 1 aliphatic carbocycles. The van der Waals surface area contributed by atoms with Gasteiger partial charge in [0.2, 0.25) is 0 Å². The zero-order valence-electron chi connectivity index (χ0n) is 36.5. The minimum atomic E-state index is -1.82. The van der Waals surface area contributed by atoms with E-state index < -0.39 is 52.0 Å². The molecule has 0 bridgehead atoms. The van der Waals surface area contributed by atoms with Crippen LogP contribution in [0.3, 0.4) is 0 Å². The van der Waals surface area contributed by atoms with Gasteiger partial charge < -0.3 is 33.4 Å². The van der Waals surface area contributed by atoms with Crippen LogP contribution < -0.4 is 46.0 Å². The molecule has 1 saturated carbocycles. The van der Waals surface area contributed by atoms with Gasteiger partial charge in [0.15, 0.2) is 11.5 Å². The number of anilines is 1. The number of ether oxygens (including phenoxy) is 5. The minimum absolute atomic E-state index is 0.0926. The Morgan fingerprint density at radius 3 is 2.18 bits per heavy atom. The summed E-state index contributed by atoms with van der Waals surface area (Å²) >= 11 is 12.8. The molecule has 0 radical (unpaired) electrons. The lowest BCUT2D eigenvalue weighted by atomic mass is 9.53. The number of hydrogen-bond donors (Lipinski definition) is 2. The second-order valence-corrected chi connectivity index (χ2v) is 16.9. The number of imide groups is 1. The number of hydrogen-bond acceptors (Lipinski definition) is 13. The van der Waals surface area contributed by atoms with Crippen molar-refractivity contribution in [3.63, 3.8) is 0 Å². The number of phenolic OH excluding ortho intramolecular Hbond substituents is 1. The molecule has 2 fully saturated rings. The largest absolute Gasteiger partial charge is 0.507 e. The Kier molecular flexibility index (Phi) is 11.1. The Morgan fingerprint density at radius 1 is 0.818 bits per heavy atom. The van der Waals surface area contributed by atoms with Crippen molar-refractivity contribution in [2.45, 2.75) is 43.3 Å². The van der Waals surface area contributed by atoms with E-state index in [9.17, 15) is 19.5 Å². The van der Waals surface area contributed by atoms with Crippen LogP contribution in [0.4, 0.5) is 5.69 Å². The number of phenols is 1. The van der Waals surface area contributed by atoms with Crippen molar-refractivity contribution in [2.75, 3.05) is 41.0 Å². The quantitative estimate of drug-likeness (QED) is 0.123. The Balaban J connectivity index is 1.21. The van der Waals surface area contributed by atoms with Crippen LogP contribution in [-0.2, 0) is 41.6 Å². The average molecular weight is 941 g/mol. The molecule has 4 heterocycles. The van der Waals surface area contributed by atoms with E-state index in [4.69, 9.17) is 46.9 Å². The van der Waals surface area contributed by atoms with Gasteiger partial charge in [-0.1, -0.05) is 41.4 Å². The molecule has 2 N–H and O–H groups in total. The number of nitrogens with zero attached hydrogens (tertiary/aromatic N) is 6. The topological polar surface area (TPSA) is 200 Å². The summed E-state index contributed by atoms with van der Waals surface area (Å²) in [7, 11) is 8.87. The predicted octanol–water partition coefficient (Wildman–Crippen LogP) is 4.98. The number of halogens is 2. The molecule has 4 unspecified atom stereocenters. The monoisotopic (exact) mass is 939 g/mol. The van der Waals surface area contributed by atoms with Gasteiger partial charge in [-0.15, -0.1) is 0 Å². The molecule has 9 rings (SSSR count). The maximum absolute atomic E-state index is 15.7. The van der Waals surface area contributed by atoms with Gasteiger partial charge in [-0.3, -0.25) is 19.8 Å². The van der Waals surface area contributed by atoms with E-state index in [0.717, 1.165) is 9.58 Å². The van der Waals surface area contributed by atoms with Gasteiger partial charge in [0, 0.05) is 60.8 Å². The van der Waals surface area contributed by atoms with E-state index in [1.165, 1.54) is 67.7 Å². The lowest BCUT2D eigenvalue weighted by Gasteiger charge is -2.49. The van der Waals surface area contributed by atoms with Crippen molar-refractivity contribution in [2.24, 2.45) is 13.0 Å². The molecular weight excluding hydrogens is 897 g/mol. The summed E-state index contributed by atoms with van der Waals surface area (Å²) in [5.74, 6) is -2.46. The van der Waals surface area contributed by atoms with Crippen molar-refractivity contribution >= 4 is 51.7 Å². The highest BCUT2D eigenvalue weighted by Gasteiger charge is 2.69. The molecule has 0 spiro atoms.